The first-order valence-corrected chi connectivity index (χ1v) is 6.65. The summed E-state index contributed by atoms with van der Waals surface area (Å²) in [6, 6.07) is 6.83. The van der Waals surface area contributed by atoms with Gasteiger partial charge in [0, 0.05) is 24.2 Å². The van der Waals surface area contributed by atoms with Gasteiger partial charge in [0.25, 0.3) is 0 Å². The lowest BCUT2D eigenvalue weighted by Gasteiger charge is -2.47. The van der Waals surface area contributed by atoms with E-state index in [-0.39, 0.29) is 11.1 Å². The zero-order valence-corrected chi connectivity index (χ0v) is 11.5. The molecule has 1 fully saturated rings. The molecule has 1 aromatic carbocycles. The quantitative estimate of drug-likeness (QED) is 0.883. The van der Waals surface area contributed by atoms with E-state index in [0.717, 1.165) is 6.54 Å². The summed E-state index contributed by atoms with van der Waals surface area (Å²) in [7, 11) is 4.19. The van der Waals surface area contributed by atoms with E-state index in [4.69, 9.17) is 5.26 Å². The lowest BCUT2D eigenvalue weighted by atomic mass is 9.75. The SMILES string of the molecule is CN(C)C1(CNCc2cccc(C#N)c2F)CCC1. The van der Waals surface area contributed by atoms with Crippen LogP contribution in [0, 0.1) is 17.1 Å². The van der Waals surface area contributed by atoms with Crippen LogP contribution in [0.15, 0.2) is 18.2 Å². The Morgan fingerprint density at radius 1 is 1.42 bits per heavy atom. The third-order valence-corrected chi connectivity index (χ3v) is 4.20. The predicted octanol–water partition coefficient (Wildman–Crippen LogP) is 2.27. The maximum absolute atomic E-state index is 13.9. The highest BCUT2D eigenvalue weighted by Gasteiger charge is 2.38. The molecule has 0 unspecified atom stereocenters. The largest absolute Gasteiger partial charge is 0.311 e. The Labute approximate surface area is 114 Å². The molecule has 4 heteroatoms. The highest BCUT2D eigenvalue weighted by atomic mass is 19.1. The number of likely N-dealkylation sites (N-methyl/N-ethyl adjacent to an activating group) is 1. The van der Waals surface area contributed by atoms with Crippen LogP contribution in [0.5, 0.6) is 0 Å². The zero-order chi connectivity index (χ0) is 13.9. The van der Waals surface area contributed by atoms with Crippen molar-refractivity contribution in [3.05, 3.63) is 35.1 Å². The summed E-state index contributed by atoms with van der Waals surface area (Å²) < 4.78 is 13.9. The second kappa shape index (κ2) is 5.68. The molecule has 1 saturated carbocycles. The summed E-state index contributed by atoms with van der Waals surface area (Å²) in [6.45, 7) is 1.33. The van der Waals surface area contributed by atoms with E-state index >= 15 is 0 Å². The smallest absolute Gasteiger partial charge is 0.145 e. The molecule has 0 aliphatic heterocycles. The van der Waals surface area contributed by atoms with Crippen molar-refractivity contribution in [3.63, 3.8) is 0 Å². The number of benzene rings is 1. The molecule has 1 aliphatic rings. The van der Waals surface area contributed by atoms with Crippen LogP contribution in [0.25, 0.3) is 0 Å². The second-order valence-electron chi connectivity index (χ2n) is 5.47. The van der Waals surface area contributed by atoms with E-state index in [1.165, 1.54) is 25.3 Å². The van der Waals surface area contributed by atoms with Crippen molar-refractivity contribution >= 4 is 0 Å². The summed E-state index contributed by atoms with van der Waals surface area (Å²) in [6.07, 6.45) is 3.64. The molecular weight excluding hydrogens is 241 g/mol. The van der Waals surface area contributed by atoms with Crippen LogP contribution in [-0.4, -0.2) is 31.1 Å². The van der Waals surface area contributed by atoms with E-state index in [1.807, 2.05) is 6.07 Å². The summed E-state index contributed by atoms with van der Waals surface area (Å²) >= 11 is 0. The molecule has 0 aromatic heterocycles. The molecule has 1 aliphatic carbocycles. The van der Waals surface area contributed by atoms with Gasteiger partial charge in [-0.05, 0) is 39.4 Å². The molecule has 19 heavy (non-hydrogen) atoms. The maximum Gasteiger partial charge on any atom is 0.145 e. The fourth-order valence-corrected chi connectivity index (χ4v) is 2.60. The van der Waals surface area contributed by atoms with Crippen molar-refractivity contribution in [2.45, 2.75) is 31.3 Å². The average molecular weight is 261 g/mol. The minimum Gasteiger partial charge on any atom is -0.311 e. The molecule has 0 amide bonds. The van der Waals surface area contributed by atoms with Gasteiger partial charge in [-0.15, -0.1) is 0 Å². The van der Waals surface area contributed by atoms with Gasteiger partial charge in [0.15, 0.2) is 0 Å². The van der Waals surface area contributed by atoms with Gasteiger partial charge in [-0.1, -0.05) is 12.1 Å². The van der Waals surface area contributed by atoms with Gasteiger partial charge < -0.3 is 10.2 Å². The van der Waals surface area contributed by atoms with Crippen molar-refractivity contribution in [1.29, 1.82) is 5.26 Å². The minimum atomic E-state index is -0.398. The Hall–Kier alpha value is -1.44. The number of rotatable bonds is 5. The van der Waals surface area contributed by atoms with Crippen molar-refractivity contribution in [3.8, 4) is 6.07 Å². The summed E-state index contributed by atoms with van der Waals surface area (Å²) in [5.74, 6) is -0.398. The van der Waals surface area contributed by atoms with Crippen molar-refractivity contribution in [2.75, 3.05) is 20.6 Å². The Balaban J connectivity index is 1.95. The van der Waals surface area contributed by atoms with Crippen LogP contribution in [0.2, 0.25) is 0 Å². The fourth-order valence-electron chi connectivity index (χ4n) is 2.60. The molecular formula is C15H20FN3. The molecule has 0 radical (unpaired) electrons. The molecule has 0 heterocycles. The van der Waals surface area contributed by atoms with Crippen molar-refractivity contribution in [2.24, 2.45) is 0 Å². The summed E-state index contributed by atoms with van der Waals surface area (Å²) in [4.78, 5) is 2.26. The molecule has 1 aromatic rings. The van der Waals surface area contributed by atoms with Crippen LogP contribution in [-0.2, 0) is 6.54 Å². The third kappa shape index (κ3) is 2.78. The molecule has 0 bridgehead atoms. The number of hydrogen-bond donors (Lipinski definition) is 1. The third-order valence-electron chi connectivity index (χ3n) is 4.20. The molecule has 1 N–H and O–H groups in total. The van der Waals surface area contributed by atoms with Crippen molar-refractivity contribution in [1.82, 2.24) is 10.2 Å². The number of nitrogens with one attached hydrogen (secondary N) is 1. The number of hydrogen-bond acceptors (Lipinski definition) is 3. The Kier molecular flexibility index (Phi) is 4.18. The lowest BCUT2D eigenvalue weighted by molar-refractivity contribution is 0.0597. The highest BCUT2D eigenvalue weighted by Crippen LogP contribution is 2.35. The van der Waals surface area contributed by atoms with Crippen molar-refractivity contribution < 1.29 is 4.39 Å². The van der Waals surface area contributed by atoms with E-state index in [1.54, 1.807) is 12.1 Å². The van der Waals surface area contributed by atoms with E-state index < -0.39 is 5.82 Å². The van der Waals surface area contributed by atoms with Crippen LogP contribution in [0.3, 0.4) is 0 Å². The Bertz CT molecular complexity index is 487. The van der Waals surface area contributed by atoms with Gasteiger partial charge in [0.1, 0.15) is 11.9 Å². The molecule has 102 valence electrons. The second-order valence-corrected chi connectivity index (χ2v) is 5.47. The molecule has 0 saturated heterocycles. The van der Waals surface area contributed by atoms with Crippen LogP contribution in [0.1, 0.15) is 30.4 Å². The first kappa shape index (κ1) is 14.0. The molecule has 2 rings (SSSR count). The molecule has 0 spiro atoms. The van der Waals surface area contributed by atoms with Crippen LogP contribution < -0.4 is 5.32 Å². The maximum atomic E-state index is 13.9. The van der Waals surface area contributed by atoms with Crippen LogP contribution >= 0.6 is 0 Å². The van der Waals surface area contributed by atoms with E-state index in [2.05, 4.69) is 24.3 Å². The van der Waals surface area contributed by atoms with E-state index in [9.17, 15) is 4.39 Å². The number of nitrogens with zero attached hydrogens (tertiary/aromatic N) is 2. The first-order chi connectivity index (χ1) is 9.09. The average Bonchev–Trinajstić information content (AvgIpc) is 2.34. The zero-order valence-electron chi connectivity index (χ0n) is 11.5. The highest BCUT2D eigenvalue weighted by molar-refractivity contribution is 5.34. The fraction of sp³-hybridized carbons (Fsp3) is 0.533. The van der Waals surface area contributed by atoms with Gasteiger partial charge in [-0.25, -0.2) is 4.39 Å². The van der Waals surface area contributed by atoms with Gasteiger partial charge in [-0.3, -0.25) is 0 Å². The van der Waals surface area contributed by atoms with Gasteiger partial charge in [-0.2, -0.15) is 5.26 Å². The number of halogens is 1. The standard InChI is InChI=1S/C15H20FN3/c1-19(2)15(7-4-8-15)11-18-10-13-6-3-5-12(9-17)14(13)16/h3,5-6,18H,4,7-8,10-11H2,1-2H3. The van der Waals surface area contributed by atoms with Crippen LogP contribution in [0.4, 0.5) is 4.39 Å². The van der Waals surface area contributed by atoms with Gasteiger partial charge in [0.2, 0.25) is 0 Å². The summed E-state index contributed by atoms with van der Waals surface area (Å²) in [5, 5.41) is 12.1. The molecule has 0 atom stereocenters. The van der Waals surface area contributed by atoms with Gasteiger partial charge >= 0.3 is 0 Å². The Morgan fingerprint density at radius 3 is 2.68 bits per heavy atom. The van der Waals surface area contributed by atoms with Gasteiger partial charge in [0.05, 0.1) is 5.56 Å². The van der Waals surface area contributed by atoms with E-state index in [0.29, 0.717) is 12.1 Å². The lowest BCUT2D eigenvalue weighted by Crippen LogP contribution is -2.56. The topological polar surface area (TPSA) is 39.1 Å². The molecule has 3 nitrogen and oxygen atoms in total. The summed E-state index contributed by atoms with van der Waals surface area (Å²) in [5.41, 5.74) is 0.904. The Morgan fingerprint density at radius 2 is 2.16 bits per heavy atom. The monoisotopic (exact) mass is 261 g/mol. The first-order valence-electron chi connectivity index (χ1n) is 6.65. The predicted molar refractivity (Wildman–Crippen MR) is 73.1 cm³/mol. The number of nitriles is 1. The normalized spacial score (nSPS) is 17.0. The minimum absolute atomic E-state index is 0.116.